The highest BCUT2D eigenvalue weighted by Gasteiger charge is 2.11. The van der Waals surface area contributed by atoms with Gasteiger partial charge in [0.05, 0.1) is 0 Å². The van der Waals surface area contributed by atoms with Crippen LogP contribution in [0, 0.1) is 0 Å². The van der Waals surface area contributed by atoms with E-state index in [1.807, 2.05) is 0 Å². The van der Waals surface area contributed by atoms with Gasteiger partial charge in [-0.15, -0.1) is 0 Å². The third-order valence-corrected chi connectivity index (χ3v) is 4.21. The van der Waals surface area contributed by atoms with Crippen molar-refractivity contribution in [3.8, 4) is 0 Å². The Bertz CT molecular complexity index is 505. The minimum absolute atomic E-state index is 0.00146. The Morgan fingerprint density at radius 3 is 2.64 bits per heavy atom. The summed E-state index contributed by atoms with van der Waals surface area (Å²) >= 11 is 0. The number of amides is 1. The molecule has 122 valence electrons. The van der Waals surface area contributed by atoms with Crippen molar-refractivity contribution in [2.75, 3.05) is 13.1 Å². The average molecular weight is 305 g/mol. The molecule has 0 aromatic carbocycles. The van der Waals surface area contributed by atoms with Gasteiger partial charge in [-0.1, -0.05) is 31.7 Å². The number of nitrogens with zero attached hydrogens (tertiary/aromatic N) is 1. The molecule has 5 heteroatoms. The van der Waals surface area contributed by atoms with Crippen LogP contribution >= 0.6 is 0 Å². The molecule has 1 aromatic heterocycles. The summed E-state index contributed by atoms with van der Waals surface area (Å²) in [5.41, 5.74) is -0.0645. The van der Waals surface area contributed by atoms with Gasteiger partial charge in [-0.25, -0.2) is 0 Å². The van der Waals surface area contributed by atoms with E-state index in [1.54, 1.807) is 22.9 Å². The number of aryl methyl sites for hydroxylation is 1. The maximum Gasteiger partial charge on any atom is 0.250 e. The highest BCUT2D eigenvalue weighted by atomic mass is 16.1. The summed E-state index contributed by atoms with van der Waals surface area (Å²) in [6, 6.07) is 5.63. The average Bonchev–Trinajstić information content (AvgIpc) is 2.79. The summed E-state index contributed by atoms with van der Waals surface area (Å²) in [6.07, 6.45) is 9.90. The Morgan fingerprint density at radius 2 is 1.91 bits per heavy atom. The molecule has 0 aliphatic heterocycles. The molecule has 0 unspecified atom stereocenters. The van der Waals surface area contributed by atoms with Gasteiger partial charge in [0.25, 0.3) is 5.56 Å². The van der Waals surface area contributed by atoms with Crippen molar-refractivity contribution in [2.24, 2.45) is 0 Å². The Morgan fingerprint density at radius 1 is 1.14 bits per heavy atom. The first-order chi connectivity index (χ1) is 10.8. The monoisotopic (exact) mass is 305 g/mol. The van der Waals surface area contributed by atoms with Crippen LogP contribution in [0.4, 0.5) is 0 Å². The number of pyridine rings is 1. The molecule has 22 heavy (non-hydrogen) atoms. The van der Waals surface area contributed by atoms with Gasteiger partial charge in [-0.05, 0) is 18.9 Å². The number of aromatic nitrogens is 1. The van der Waals surface area contributed by atoms with E-state index >= 15 is 0 Å². The second-order valence-corrected chi connectivity index (χ2v) is 5.97. The summed E-state index contributed by atoms with van der Waals surface area (Å²) in [6.45, 7) is 1.91. The predicted molar refractivity (Wildman–Crippen MR) is 87.8 cm³/mol. The minimum Gasteiger partial charge on any atom is -0.355 e. The van der Waals surface area contributed by atoms with Crippen LogP contribution in [0.25, 0.3) is 0 Å². The first kappa shape index (κ1) is 16.7. The Kier molecular flexibility index (Phi) is 7.16. The lowest BCUT2D eigenvalue weighted by Gasteiger charge is -2.16. The van der Waals surface area contributed by atoms with Crippen LogP contribution < -0.4 is 16.2 Å². The first-order valence-electron chi connectivity index (χ1n) is 8.41. The van der Waals surface area contributed by atoms with Crippen LogP contribution in [0.2, 0.25) is 0 Å². The van der Waals surface area contributed by atoms with Crippen LogP contribution in [-0.4, -0.2) is 29.6 Å². The van der Waals surface area contributed by atoms with Gasteiger partial charge >= 0.3 is 0 Å². The number of rotatable bonds is 7. The summed E-state index contributed by atoms with van der Waals surface area (Å²) < 4.78 is 1.56. The maximum atomic E-state index is 11.8. The van der Waals surface area contributed by atoms with Gasteiger partial charge in [0, 0.05) is 44.4 Å². The Balaban J connectivity index is 1.57. The quantitative estimate of drug-likeness (QED) is 0.595. The fourth-order valence-corrected chi connectivity index (χ4v) is 2.92. The molecular formula is C17H27N3O2. The van der Waals surface area contributed by atoms with E-state index < -0.39 is 0 Å². The standard InChI is InChI=1S/C17H27N3O2/c21-16(10-14-20-13-6-5-9-17(20)22)19-12-11-18-15-7-3-1-2-4-8-15/h5-6,9,13,15,18H,1-4,7-8,10-12,14H2,(H,19,21). The summed E-state index contributed by atoms with van der Waals surface area (Å²) in [5, 5.41) is 6.44. The van der Waals surface area contributed by atoms with Gasteiger partial charge in [-0.3, -0.25) is 9.59 Å². The molecule has 1 amide bonds. The summed E-state index contributed by atoms with van der Waals surface area (Å²) in [4.78, 5) is 23.3. The van der Waals surface area contributed by atoms with E-state index in [9.17, 15) is 9.59 Å². The highest BCUT2D eigenvalue weighted by molar-refractivity contribution is 5.75. The van der Waals surface area contributed by atoms with E-state index in [4.69, 9.17) is 0 Å². The molecule has 2 N–H and O–H groups in total. The van der Waals surface area contributed by atoms with Crippen LogP contribution in [0.5, 0.6) is 0 Å². The normalized spacial score (nSPS) is 16.2. The number of hydrogen-bond acceptors (Lipinski definition) is 3. The Labute approximate surface area is 132 Å². The van der Waals surface area contributed by atoms with Crippen molar-refractivity contribution in [3.05, 3.63) is 34.7 Å². The van der Waals surface area contributed by atoms with Crippen molar-refractivity contribution < 1.29 is 4.79 Å². The fourth-order valence-electron chi connectivity index (χ4n) is 2.92. The van der Waals surface area contributed by atoms with Crippen LogP contribution in [0.1, 0.15) is 44.9 Å². The van der Waals surface area contributed by atoms with Crippen molar-refractivity contribution in [3.63, 3.8) is 0 Å². The minimum atomic E-state index is -0.0645. The molecule has 1 aromatic rings. The lowest BCUT2D eigenvalue weighted by atomic mass is 10.1. The molecule has 1 saturated carbocycles. The van der Waals surface area contributed by atoms with Gasteiger partial charge in [0.1, 0.15) is 0 Å². The molecule has 1 aliphatic carbocycles. The van der Waals surface area contributed by atoms with E-state index in [1.165, 1.54) is 44.6 Å². The molecule has 1 heterocycles. The molecule has 0 bridgehead atoms. The first-order valence-corrected chi connectivity index (χ1v) is 8.41. The van der Waals surface area contributed by atoms with Gasteiger partial charge in [0.15, 0.2) is 0 Å². The van der Waals surface area contributed by atoms with Crippen molar-refractivity contribution >= 4 is 5.91 Å². The number of carbonyl (C=O) groups is 1. The van der Waals surface area contributed by atoms with Crippen LogP contribution in [-0.2, 0) is 11.3 Å². The molecule has 5 nitrogen and oxygen atoms in total. The van der Waals surface area contributed by atoms with Crippen molar-refractivity contribution in [2.45, 2.75) is 57.5 Å². The second-order valence-electron chi connectivity index (χ2n) is 5.97. The highest BCUT2D eigenvalue weighted by Crippen LogP contribution is 2.16. The zero-order valence-corrected chi connectivity index (χ0v) is 13.2. The van der Waals surface area contributed by atoms with Gasteiger partial charge in [0.2, 0.25) is 5.91 Å². The molecule has 0 saturated heterocycles. The number of carbonyl (C=O) groups excluding carboxylic acids is 1. The molecule has 1 aliphatic rings. The number of nitrogens with one attached hydrogen (secondary N) is 2. The summed E-state index contributed by atoms with van der Waals surface area (Å²) in [5.74, 6) is -0.00146. The fraction of sp³-hybridized carbons (Fsp3) is 0.647. The van der Waals surface area contributed by atoms with E-state index in [0.717, 1.165) is 6.54 Å². The largest absolute Gasteiger partial charge is 0.355 e. The van der Waals surface area contributed by atoms with Gasteiger partial charge in [-0.2, -0.15) is 0 Å². The number of hydrogen-bond donors (Lipinski definition) is 2. The molecule has 0 spiro atoms. The SMILES string of the molecule is O=C(CCn1ccccc1=O)NCCNC1CCCCCC1. The van der Waals surface area contributed by atoms with Crippen LogP contribution in [0.15, 0.2) is 29.2 Å². The second kappa shape index (κ2) is 9.41. The third-order valence-electron chi connectivity index (χ3n) is 4.21. The van der Waals surface area contributed by atoms with Crippen molar-refractivity contribution in [1.82, 2.24) is 15.2 Å². The van der Waals surface area contributed by atoms with Crippen LogP contribution in [0.3, 0.4) is 0 Å². The molecular weight excluding hydrogens is 278 g/mol. The van der Waals surface area contributed by atoms with E-state index in [0.29, 0.717) is 25.6 Å². The third kappa shape index (κ3) is 6.02. The molecule has 2 rings (SSSR count). The lowest BCUT2D eigenvalue weighted by molar-refractivity contribution is -0.121. The maximum absolute atomic E-state index is 11.8. The lowest BCUT2D eigenvalue weighted by Crippen LogP contribution is -2.37. The topological polar surface area (TPSA) is 63.1 Å². The molecule has 0 atom stereocenters. The van der Waals surface area contributed by atoms with E-state index in [-0.39, 0.29) is 11.5 Å². The zero-order chi connectivity index (χ0) is 15.6. The van der Waals surface area contributed by atoms with E-state index in [2.05, 4.69) is 10.6 Å². The molecule has 1 fully saturated rings. The zero-order valence-electron chi connectivity index (χ0n) is 13.2. The Hall–Kier alpha value is -1.62. The summed E-state index contributed by atoms with van der Waals surface area (Å²) in [7, 11) is 0. The smallest absolute Gasteiger partial charge is 0.250 e. The molecule has 0 radical (unpaired) electrons. The van der Waals surface area contributed by atoms with Crippen molar-refractivity contribution in [1.29, 1.82) is 0 Å². The van der Waals surface area contributed by atoms with Gasteiger partial charge < -0.3 is 15.2 Å². The predicted octanol–water partition coefficient (Wildman–Crippen LogP) is 1.67.